The number of anilines is 1. The summed E-state index contributed by atoms with van der Waals surface area (Å²) in [4.78, 5) is 12.5. The number of nitrogens with one attached hydrogen (secondary N) is 1. The number of fused-ring (bicyclic) bond motifs is 1. The molecule has 4 rings (SSSR count). The lowest BCUT2D eigenvalue weighted by Gasteiger charge is -2.10. The first-order valence-corrected chi connectivity index (χ1v) is 9.76. The molecule has 3 aromatic carbocycles. The number of allylic oxidation sites excluding steroid dienone is 1. The van der Waals surface area contributed by atoms with Crippen LogP contribution in [0.15, 0.2) is 83.5 Å². The quantitative estimate of drug-likeness (QED) is 0.393. The number of furan rings is 1. The summed E-state index contributed by atoms with van der Waals surface area (Å²) in [6.45, 7) is 3.97. The predicted octanol–water partition coefficient (Wildman–Crippen LogP) is 6.46. The number of methoxy groups -OCH3 is 1. The highest BCUT2D eigenvalue weighted by Crippen LogP contribution is 2.37. The molecule has 0 aliphatic heterocycles. The molecule has 150 valence electrons. The third kappa shape index (κ3) is 3.98. The normalized spacial score (nSPS) is 11.5. The molecular formula is C26H23NO3. The molecule has 1 aromatic heterocycles. The van der Waals surface area contributed by atoms with Gasteiger partial charge in [-0.3, -0.25) is 4.79 Å². The van der Waals surface area contributed by atoms with Crippen molar-refractivity contribution in [3.8, 4) is 16.9 Å². The van der Waals surface area contributed by atoms with E-state index in [0.29, 0.717) is 5.75 Å². The Morgan fingerprint density at radius 2 is 1.77 bits per heavy atom. The smallest absolute Gasteiger partial charge is 0.248 e. The van der Waals surface area contributed by atoms with Gasteiger partial charge >= 0.3 is 0 Å². The molecular weight excluding hydrogens is 374 g/mol. The molecule has 1 amide bonds. The van der Waals surface area contributed by atoms with Crippen LogP contribution < -0.4 is 10.1 Å². The van der Waals surface area contributed by atoms with Crippen molar-refractivity contribution in [2.45, 2.75) is 13.8 Å². The Bertz CT molecular complexity index is 1220. The highest BCUT2D eigenvalue weighted by atomic mass is 16.5. The number of hydrogen-bond donors (Lipinski definition) is 1. The van der Waals surface area contributed by atoms with Crippen LogP contribution in [0.3, 0.4) is 0 Å². The minimum absolute atomic E-state index is 0.188. The fourth-order valence-corrected chi connectivity index (χ4v) is 3.46. The van der Waals surface area contributed by atoms with Crippen LogP contribution in [0, 0.1) is 6.92 Å². The molecule has 0 aliphatic rings. The van der Waals surface area contributed by atoms with E-state index in [2.05, 4.69) is 36.5 Å². The molecule has 0 bridgehead atoms. The number of para-hydroxylation sites is 1. The van der Waals surface area contributed by atoms with Crippen LogP contribution in [0.25, 0.3) is 27.7 Å². The number of amides is 1. The maximum atomic E-state index is 12.5. The van der Waals surface area contributed by atoms with E-state index < -0.39 is 0 Å². The van der Waals surface area contributed by atoms with E-state index in [1.165, 1.54) is 5.56 Å². The van der Waals surface area contributed by atoms with Gasteiger partial charge in [-0.05, 0) is 43.2 Å². The zero-order valence-electron chi connectivity index (χ0n) is 17.2. The first-order chi connectivity index (χ1) is 14.5. The SMILES string of the molecule is COc1cc2occ(-c3ccc(C)cc3)c2cc1/C(C)=C/C(=O)Nc1ccccc1. The van der Waals surface area contributed by atoms with Crippen molar-refractivity contribution in [3.63, 3.8) is 0 Å². The Morgan fingerprint density at radius 3 is 2.47 bits per heavy atom. The second-order valence-electron chi connectivity index (χ2n) is 7.25. The lowest BCUT2D eigenvalue weighted by molar-refractivity contribution is -0.111. The van der Waals surface area contributed by atoms with E-state index in [1.807, 2.05) is 49.4 Å². The Hall–Kier alpha value is -3.79. The molecule has 4 nitrogen and oxygen atoms in total. The Balaban J connectivity index is 1.72. The summed E-state index contributed by atoms with van der Waals surface area (Å²) in [7, 11) is 1.62. The maximum absolute atomic E-state index is 12.5. The van der Waals surface area contributed by atoms with Gasteiger partial charge in [0.1, 0.15) is 11.3 Å². The molecule has 0 spiro atoms. The monoisotopic (exact) mass is 397 g/mol. The van der Waals surface area contributed by atoms with Crippen LogP contribution in [0.5, 0.6) is 5.75 Å². The van der Waals surface area contributed by atoms with Crippen LogP contribution in [-0.2, 0) is 4.79 Å². The molecule has 0 radical (unpaired) electrons. The van der Waals surface area contributed by atoms with Crippen molar-refractivity contribution in [1.82, 2.24) is 0 Å². The topological polar surface area (TPSA) is 51.5 Å². The minimum atomic E-state index is -0.188. The molecule has 1 heterocycles. The number of carbonyl (C=O) groups is 1. The third-order valence-electron chi connectivity index (χ3n) is 5.07. The van der Waals surface area contributed by atoms with Crippen LogP contribution in [0.1, 0.15) is 18.1 Å². The largest absolute Gasteiger partial charge is 0.496 e. The van der Waals surface area contributed by atoms with Crippen molar-refractivity contribution in [1.29, 1.82) is 0 Å². The number of benzene rings is 3. The van der Waals surface area contributed by atoms with Crippen molar-refractivity contribution in [3.05, 3.63) is 90.2 Å². The Morgan fingerprint density at radius 1 is 1.03 bits per heavy atom. The van der Waals surface area contributed by atoms with Crippen LogP contribution in [-0.4, -0.2) is 13.0 Å². The summed E-state index contributed by atoms with van der Waals surface area (Å²) >= 11 is 0. The second kappa shape index (κ2) is 8.29. The molecule has 0 fully saturated rings. The lowest BCUT2D eigenvalue weighted by atomic mass is 9.99. The van der Waals surface area contributed by atoms with Crippen molar-refractivity contribution in [2.24, 2.45) is 0 Å². The van der Waals surface area contributed by atoms with Crippen molar-refractivity contribution < 1.29 is 13.9 Å². The number of hydrogen-bond acceptors (Lipinski definition) is 3. The lowest BCUT2D eigenvalue weighted by Crippen LogP contribution is -2.08. The van der Waals surface area contributed by atoms with Crippen LogP contribution in [0.2, 0.25) is 0 Å². The Labute approximate surface area is 175 Å². The number of carbonyl (C=O) groups excluding carboxylic acids is 1. The van der Waals surface area contributed by atoms with E-state index in [9.17, 15) is 4.79 Å². The average molecular weight is 397 g/mol. The maximum Gasteiger partial charge on any atom is 0.248 e. The van der Waals surface area contributed by atoms with E-state index in [0.717, 1.165) is 38.9 Å². The first kappa shape index (κ1) is 19.5. The summed E-state index contributed by atoms with van der Waals surface area (Å²) in [5.41, 5.74) is 6.45. The minimum Gasteiger partial charge on any atom is -0.496 e. The highest BCUT2D eigenvalue weighted by molar-refractivity contribution is 6.05. The second-order valence-corrected chi connectivity index (χ2v) is 7.25. The zero-order valence-corrected chi connectivity index (χ0v) is 17.2. The van der Waals surface area contributed by atoms with E-state index in [1.54, 1.807) is 19.4 Å². The number of rotatable bonds is 5. The predicted molar refractivity (Wildman–Crippen MR) is 122 cm³/mol. The number of ether oxygens (including phenoxy) is 1. The van der Waals surface area contributed by atoms with Gasteiger partial charge in [0.25, 0.3) is 0 Å². The molecule has 1 N–H and O–H groups in total. The molecule has 0 aliphatic carbocycles. The third-order valence-corrected chi connectivity index (χ3v) is 5.07. The number of aryl methyl sites for hydroxylation is 1. The average Bonchev–Trinajstić information content (AvgIpc) is 3.16. The van der Waals surface area contributed by atoms with Crippen LogP contribution in [0.4, 0.5) is 5.69 Å². The van der Waals surface area contributed by atoms with E-state index in [4.69, 9.17) is 9.15 Å². The summed E-state index contributed by atoms with van der Waals surface area (Å²) in [6, 6.07) is 21.6. The van der Waals surface area contributed by atoms with Crippen molar-refractivity contribution in [2.75, 3.05) is 12.4 Å². The van der Waals surface area contributed by atoms with Gasteiger partial charge < -0.3 is 14.5 Å². The van der Waals surface area contributed by atoms with Gasteiger partial charge in [0, 0.05) is 34.3 Å². The molecule has 30 heavy (non-hydrogen) atoms. The summed E-state index contributed by atoms with van der Waals surface area (Å²) in [5, 5.41) is 3.86. The van der Waals surface area contributed by atoms with E-state index in [-0.39, 0.29) is 5.91 Å². The Kier molecular flexibility index (Phi) is 5.40. The summed E-state index contributed by atoms with van der Waals surface area (Å²) in [5.74, 6) is 0.473. The molecule has 0 unspecified atom stereocenters. The standard InChI is InChI=1S/C26H23NO3/c1-17-9-11-19(12-10-17)23-16-30-25-15-24(29-3)21(14-22(23)25)18(2)13-26(28)27-20-7-5-4-6-8-20/h4-16H,1-3H3,(H,27,28)/b18-13+. The van der Waals surface area contributed by atoms with Gasteiger partial charge in [0.05, 0.1) is 13.4 Å². The fraction of sp³-hybridized carbons (Fsp3) is 0.115. The van der Waals surface area contributed by atoms with Gasteiger partial charge in [-0.25, -0.2) is 0 Å². The van der Waals surface area contributed by atoms with Gasteiger partial charge in [0.2, 0.25) is 5.91 Å². The zero-order chi connectivity index (χ0) is 21.1. The molecule has 0 saturated carbocycles. The van der Waals surface area contributed by atoms with Gasteiger partial charge in [-0.15, -0.1) is 0 Å². The van der Waals surface area contributed by atoms with E-state index >= 15 is 0 Å². The molecule has 4 heteroatoms. The van der Waals surface area contributed by atoms with Gasteiger partial charge in [-0.1, -0.05) is 48.0 Å². The molecule has 0 atom stereocenters. The van der Waals surface area contributed by atoms with Crippen molar-refractivity contribution >= 4 is 28.1 Å². The highest BCUT2D eigenvalue weighted by Gasteiger charge is 2.15. The van der Waals surface area contributed by atoms with Gasteiger partial charge in [-0.2, -0.15) is 0 Å². The van der Waals surface area contributed by atoms with Crippen LogP contribution >= 0.6 is 0 Å². The summed E-state index contributed by atoms with van der Waals surface area (Å²) in [6.07, 6.45) is 3.35. The first-order valence-electron chi connectivity index (χ1n) is 9.76. The summed E-state index contributed by atoms with van der Waals surface area (Å²) < 4.78 is 11.4. The molecule has 0 saturated heterocycles. The van der Waals surface area contributed by atoms with Gasteiger partial charge in [0.15, 0.2) is 0 Å². The fourth-order valence-electron chi connectivity index (χ4n) is 3.46. The molecule has 4 aromatic rings.